The Morgan fingerprint density at radius 2 is 1.68 bits per heavy atom. The molecule has 0 aliphatic carbocycles. The molecule has 2 aromatic carbocycles. The van der Waals surface area contributed by atoms with Gasteiger partial charge in [-0.1, -0.05) is 37.3 Å². The van der Waals surface area contributed by atoms with Crippen LogP contribution < -0.4 is 10.9 Å². The number of nitro benzene ring substituents is 1. The van der Waals surface area contributed by atoms with Crippen molar-refractivity contribution in [1.29, 1.82) is 0 Å². The number of hydrogen-bond donors (Lipinski definition) is 2. The number of carbonyl (C=O) groups excluding carboxylic acids is 3. The molecule has 9 heteroatoms. The van der Waals surface area contributed by atoms with Crippen LogP contribution in [0.3, 0.4) is 0 Å². The summed E-state index contributed by atoms with van der Waals surface area (Å²) in [6.07, 6.45) is 0.515. The van der Waals surface area contributed by atoms with E-state index in [9.17, 15) is 24.5 Å². The van der Waals surface area contributed by atoms with E-state index in [0.717, 1.165) is 5.56 Å². The minimum Gasteiger partial charge on any atom is -0.455 e. The molecule has 0 unspecified atom stereocenters. The number of carbonyl (C=O) groups is 3. The number of amides is 2. The maximum absolute atomic E-state index is 12.2. The first-order valence-electron chi connectivity index (χ1n) is 8.47. The van der Waals surface area contributed by atoms with E-state index in [1.807, 2.05) is 25.1 Å². The lowest BCUT2D eigenvalue weighted by Crippen LogP contribution is -2.43. The van der Waals surface area contributed by atoms with E-state index in [2.05, 4.69) is 10.9 Å². The highest BCUT2D eigenvalue weighted by Crippen LogP contribution is 2.20. The number of hydrogen-bond acceptors (Lipinski definition) is 6. The third-order valence-electron chi connectivity index (χ3n) is 3.90. The largest absolute Gasteiger partial charge is 0.455 e. The molecule has 146 valence electrons. The van der Waals surface area contributed by atoms with E-state index in [4.69, 9.17) is 4.74 Å². The Hall–Kier alpha value is -3.75. The number of nitrogens with one attached hydrogen (secondary N) is 2. The fourth-order valence-electron chi connectivity index (χ4n) is 2.43. The van der Waals surface area contributed by atoms with Gasteiger partial charge in [-0.05, 0) is 24.1 Å². The van der Waals surface area contributed by atoms with Gasteiger partial charge < -0.3 is 4.74 Å². The second-order valence-electron chi connectivity index (χ2n) is 5.79. The Bertz CT molecular complexity index is 852. The second-order valence-corrected chi connectivity index (χ2v) is 5.79. The van der Waals surface area contributed by atoms with Crippen molar-refractivity contribution in [2.24, 2.45) is 0 Å². The van der Waals surface area contributed by atoms with Crippen molar-refractivity contribution in [1.82, 2.24) is 10.9 Å². The number of rotatable bonds is 7. The van der Waals surface area contributed by atoms with Crippen LogP contribution in [0.1, 0.15) is 35.2 Å². The Balaban J connectivity index is 1.81. The molecule has 1 atom stereocenters. The fourth-order valence-corrected chi connectivity index (χ4v) is 2.43. The summed E-state index contributed by atoms with van der Waals surface area (Å²) in [5.41, 5.74) is 5.03. The highest BCUT2D eigenvalue weighted by Gasteiger charge is 2.21. The topological polar surface area (TPSA) is 128 Å². The molecule has 0 saturated carbocycles. The number of benzene rings is 2. The van der Waals surface area contributed by atoms with Gasteiger partial charge in [-0.15, -0.1) is 0 Å². The van der Waals surface area contributed by atoms with Gasteiger partial charge in [-0.3, -0.25) is 35.3 Å². The SMILES string of the molecule is CC[C@H](C(=O)OCC(=O)NNC(=O)c1ccc([N+](=O)[O-])cc1)c1ccccc1. The highest BCUT2D eigenvalue weighted by molar-refractivity contribution is 5.95. The van der Waals surface area contributed by atoms with Crippen LogP contribution in [0.25, 0.3) is 0 Å². The zero-order valence-corrected chi connectivity index (χ0v) is 15.1. The van der Waals surface area contributed by atoms with Crippen molar-refractivity contribution >= 4 is 23.5 Å². The quantitative estimate of drug-likeness (QED) is 0.427. The third kappa shape index (κ3) is 5.63. The fraction of sp³-hybridized carbons (Fsp3) is 0.211. The molecule has 9 nitrogen and oxygen atoms in total. The van der Waals surface area contributed by atoms with Crippen LogP contribution in [-0.2, 0) is 14.3 Å². The Morgan fingerprint density at radius 3 is 2.25 bits per heavy atom. The summed E-state index contributed by atoms with van der Waals surface area (Å²) in [6.45, 7) is 1.28. The highest BCUT2D eigenvalue weighted by atomic mass is 16.6. The third-order valence-corrected chi connectivity index (χ3v) is 3.90. The lowest BCUT2D eigenvalue weighted by molar-refractivity contribution is -0.384. The maximum atomic E-state index is 12.2. The van der Waals surface area contributed by atoms with Gasteiger partial charge >= 0.3 is 5.97 Å². The molecular weight excluding hydrogens is 366 g/mol. The molecule has 2 aromatic rings. The lowest BCUT2D eigenvalue weighted by Gasteiger charge is -2.14. The van der Waals surface area contributed by atoms with Gasteiger partial charge in [0.1, 0.15) is 0 Å². The van der Waals surface area contributed by atoms with Crippen LogP contribution in [0.5, 0.6) is 0 Å². The summed E-state index contributed by atoms with van der Waals surface area (Å²) < 4.78 is 5.01. The zero-order chi connectivity index (χ0) is 20.5. The van der Waals surface area contributed by atoms with Crippen molar-refractivity contribution in [3.05, 3.63) is 75.8 Å². The molecule has 2 amide bonds. The van der Waals surface area contributed by atoms with Crippen LogP contribution in [0.15, 0.2) is 54.6 Å². The van der Waals surface area contributed by atoms with E-state index in [0.29, 0.717) is 6.42 Å². The summed E-state index contributed by atoms with van der Waals surface area (Å²) in [4.78, 5) is 45.9. The lowest BCUT2D eigenvalue weighted by atomic mass is 9.97. The molecule has 0 spiro atoms. The number of esters is 1. The van der Waals surface area contributed by atoms with Crippen molar-refractivity contribution in [2.75, 3.05) is 6.61 Å². The minimum absolute atomic E-state index is 0.123. The van der Waals surface area contributed by atoms with Crippen LogP contribution in [0.4, 0.5) is 5.69 Å². The number of nitro groups is 1. The summed E-state index contributed by atoms with van der Waals surface area (Å²) in [5.74, 6) is -2.40. The van der Waals surface area contributed by atoms with Gasteiger partial charge in [0.2, 0.25) is 0 Å². The van der Waals surface area contributed by atoms with E-state index in [1.165, 1.54) is 24.3 Å². The molecule has 0 aliphatic rings. The molecule has 0 saturated heterocycles. The van der Waals surface area contributed by atoms with Crippen LogP contribution >= 0.6 is 0 Å². The normalized spacial score (nSPS) is 11.2. The number of hydrazine groups is 1. The van der Waals surface area contributed by atoms with Gasteiger partial charge in [-0.2, -0.15) is 0 Å². The summed E-state index contributed by atoms with van der Waals surface area (Å²) in [5, 5.41) is 10.6. The molecule has 0 bridgehead atoms. The Labute approximate surface area is 160 Å². The molecule has 0 aromatic heterocycles. The number of nitrogens with zero attached hydrogens (tertiary/aromatic N) is 1. The summed E-state index contributed by atoms with van der Waals surface area (Å²) in [6, 6.07) is 13.9. The molecule has 2 rings (SSSR count). The molecule has 0 radical (unpaired) electrons. The van der Waals surface area contributed by atoms with E-state index in [1.54, 1.807) is 12.1 Å². The van der Waals surface area contributed by atoms with Gasteiger partial charge in [-0.25, -0.2) is 0 Å². The van der Waals surface area contributed by atoms with E-state index in [-0.39, 0.29) is 11.3 Å². The van der Waals surface area contributed by atoms with Crippen LogP contribution in [-0.4, -0.2) is 29.3 Å². The molecule has 0 fully saturated rings. The first-order valence-corrected chi connectivity index (χ1v) is 8.47. The van der Waals surface area contributed by atoms with Crippen LogP contribution in [0.2, 0.25) is 0 Å². The monoisotopic (exact) mass is 385 g/mol. The maximum Gasteiger partial charge on any atom is 0.313 e. The molecule has 0 heterocycles. The molecule has 2 N–H and O–H groups in total. The molecule has 0 aliphatic heterocycles. The first kappa shape index (κ1) is 20.6. The summed E-state index contributed by atoms with van der Waals surface area (Å²) in [7, 11) is 0. The number of non-ortho nitro benzene ring substituents is 1. The van der Waals surface area contributed by atoms with Gasteiger partial charge in [0, 0.05) is 17.7 Å². The smallest absolute Gasteiger partial charge is 0.313 e. The summed E-state index contributed by atoms with van der Waals surface area (Å²) >= 11 is 0. The average Bonchev–Trinajstić information content (AvgIpc) is 2.71. The molecule has 28 heavy (non-hydrogen) atoms. The van der Waals surface area contributed by atoms with E-state index < -0.39 is 35.2 Å². The van der Waals surface area contributed by atoms with Gasteiger partial charge in [0.15, 0.2) is 6.61 Å². The van der Waals surface area contributed by atoms with E-state index >= 15 is 0 Å². The van der Waals surface area contributed by atoms with Gasteiger partial charge in [0.25, 0.3) is 17.5 Å². The van der Waals surface area contributed by atoms with Crippen molar-refractivity contribution in [3.63, 3.8) is 0 Å². The predicted octanol–water partition coefficient (Wildman–Crippen LogP) is 2.09. The first-order chi connectivity index (χ1) is 13.4. The van der Waals surface area contributed by atoms with Crippen molar-refractivity contribution < 1.29 is 24.0 Å². The predicted molar refractivity (Wildman–Crippen MR) is 99.1 cm³/mol. The second kappa shape index (κ2) is 9.81. The standard InChI is InChI=1S/C19H19N3O6/c1-2-16(13-6-4-3-5-7-13)19(25)28-12-17(23)20-21-18(24)14-8-10-15(11-9-14)22(26)27/h3-11,16H,2,12H2,1H3,(H,20,23)(H,21,24)/t16-/m0/s1. The van der Waals surface area contributed by atoms with Gasteiger partial charge in [0.05, 0.1) is 10.8 Å². The van der Waals surface area contributed by atoms with Crippen LogP contribution in [0, 0.1) is 10.1 Å². The minimum atomic E-state index is -0.716. The zero-order valence-electron chi connectivity index (χ0n) is 15.1. The number of ether oxygens (including phenoxy) is 1. The molecular formula is C19H19N3O6. The average molecular weight is 385 g/mol. The Morgan fingerprint density at radius 1 is 1.04 bits per heavy atom. The van der Waals surface area contributed by atoms with Crippen molar-refractivity contribution in [2.45, 2.75) is 19.3 Å². The van der Waals surface area contributed by atoms with Crippen molar-refractivity contribution in [3.8, 4) is 0 Å². The Kier molecular flexibility index (Phi) is 7.21.